The van der Waals surface area contributed by atoms with Gasteiger partial charge in [0.05, 0.1) is 12.1 Å². The van der Waals surface area contributed by atoms with Gasteiger partial charge in [-0.15, -0.1) is 0 Å². The molecule has 0 aromatic carbocycles. The third-order valence-corrected chi connectivity index (χ3v) is 3.98. The maximum absolute atomic E-state index is 9.84. The first-order valence-electron chi connectivity index (χ1n) is 7.55. The highest BCUT2D eigenvalue weighted by Gasteiger charge is 2.34. The normalized spacial score (nSPS) is 26.3. The van der Waals surface area contributed by atoms with E-state index in [1.807, 2.05) is 19.9 Å². The Bertz CT molecular complexity index is 451. The molecular weight excluding hydrogens is 252 g/mol. The lowest BCUT2D eigenvalue weighted by Gasteiger charge is -2.39. The molecule has 2 atom stereocenters. The molecule has 1 aromatic rings. The van der Waals surface area contributed by atoms with E-state index in [0.29, 0.717) is 5.92 Å². The summed E-state index contributed by atoms with van der Waals surface area (Å²) in [6.45, 7) is 7.17. The maximum Gasteiger partial charge on any atom is 0.132 e. The quantitative estimate of drug-likeness (QED) is 0.772. The molecule has 2 unspecified atom stereocenters. The Morgan fingerprint density at radius 2 is 2.15 bits per heavy atom. The van der Waals surface area contributed by atoms with Gasteiger partial charge in [0.2, 0.25) is 0 Å². The van der Waals surface area contributed by atoms with Crippen LogP contribution in [0.15, 0.2) is 6.07 Å². The molecule has 5 heteroatoms. The molecule has 20 heavy (non-hydrogen) atoms. The van der Waals surface area contributed by atoms with Crippen LogP contribution in [0.5, 0.6) is 0 Å². The van der Waals surface area contributed by atoms with Crippen LogP contribution < -0.4 is 10.6 Å². The van der Waals surface area contributed by atoms with Crippen LogP contribution >= 0.6 is 0 Å². The van der Waals surface area contributed by atoms with Crippen LogP contribution in [0.3, 0.4) is 0 Å². The molecule has 1 aromatic heterocycles. The van der Waals surface area contributed by atoms with Gasteiger partial charge in [0.1, 0.15) is 17.5 Å². The Morgan fingerprint density at radius 1 is 1.40 bits per heavy atom. The van der Waals surface area contributed by atoms with E-state index in [2.05, 4.69) is 27.5 Å². The minimum atomic E-state index is -0.234. The van der Waals surface area contributed by atoms with Crippen LogP contribution in [0.4, 0.5) is 11.6 Å². The summed E-state index contributed by atoms with van der Waals surface area (Å²) < 4.78 is 0. The van der Waals surface area contributed by atoms with E-state index in [-0.39, 0.29) is 12.1 Å². The van der Waals surface area contributed by atoms with Crippen molar-refractivity contribution in [2.45, 2.75) is 52.0 Å². The zero-order valence-corrected chi connectivity index (χ0v) is 12.7. The second-order valence-corrected chi connectivity index (χ2v) is 5.98. The fraction of sp³-hybridized carbons (Fsp3) is 0.733. The average Bonchev–Trinajstić information content (AvgIpc) is 2.38. The van der Waals surface area contributed by atoms with Gasteiger partial charge in [-0.2, -0.15) is 0 Å². The number of nitrogens with zero attached hydrogens (tertiary/aromatic N) is 2. The van der Waals surface area contributed by atoms with Gasteiger partial charge < -0.3 is 15.7 Å². The molecule has 0 aliphatic heterocycles. The first kappa shape index (κ1) is 15.0. The number of aliphatic hydroxyl groups is 1. The van der Waals surface area contributed by atoms with E-state index in [1.54, 1.807) is 0 Å². The third kappa shape index (κ3) is 3.60. The Labute approximate surface area is 121 Å². The first-order valence-corrected chi connectivity index (χ1v) is 7.55. The topological polar surface area (TPSA) is 70.1 Å². The Balaban J connectivity index is 2.18. The molecule has 0 amide bonds. The van der Waals surface area contributed by atoms with Crippen LogP contribution in [0.1, 0.15) is 45.4 Å². The molecule has 112 valence electrons. The molecule has 3 N–H and O–H groups in total. The number of hydrogen-bond acceptors (Lipinski definition) is 5. The summed E-state index contributed by atoms with van der Waals surface area (Å²) in [5.74, 6) is 3.01. The molecule has 2 rings (SSSR count). The van der Waals surface area contributed by atoms with Gasteiger partial charge in [-0.25, -0.2) is 9.97 Å². The summed E-state index contributed by atoms with van der Waals surface area (Å²) >= 11 is 0. The zero-order chi connectivity index (χ0) is 14.6. The Kier molecular flexibility index (Phi) is 4.81. The number of aryl methyl sites for hydroxylation is 1. The number of nitrogens with one attached hydrogen (secondary N) is 2. The van der Waals surface area contributed by atoms with Crippen molar-refractivity contribution in [2.24, 2.45) is 5.92 Å². The lowest BCUT2D eigenvalue weighted by Crippen LogP contribution is -2.46. The van der Waals surface area contributed by atoms with Crippen molar-refractivity contribution >= 4 is 11.6 Å². The summed E-state index contributed by atoms with van der Waals surface area (Å²) in [5, 5.41) is 16.5. The highest BCUT2D eigenvalue weighted by Crippen LogP contribution is 2.34. The molecule has 0 spiro atoms. The zero-order valence-electron chi connectivity index (χ0n) is 12.7. The van der Waals surface area contributed by atoms with Crippen LogP contribution in [-0.2, 0) is 0 Å². The Morgan fingerprint density at radius 3 is 2.80 bits per heavy atom. The van der Waals surface area contributed by atoms with Gasteiger partial charge in [0.25, 0.3) is 0 Å². The summed E-state index contributed by atoms with van der Waals surface area (Å²) in [5.41, 5.74) is -0.234. The summed E-state index contributed by atoms with van der Waals surface area (Å²) in [6, 6.07) is 1.92. The highest BCUT2D eigenvalue weighted by atomic mass is 16.3. The molecule has 1 aliphatic carbocycles. The summed E-state index contributed by atoms with van der Waals surface area (Å²) in [4.78, 5) is 8.81. The predicted octanol–water partition coefficient (Wildman–Crippen LogP) is 2.57. The number of anilines is 2. The first-order chi connectivity index (χ1) is 9.57. The Hall–Kier alpha value is -1.36. The van der Waals surface area contributed by atoms with Gasteiger partial charge >= 0.3 is 0 Å². The second kappa shape index (κ2) is 6.39. The van der Waals surface area contributed by atoms with Crippen molar-refractivity contribution in [3.05, 3.63) is 11.9 Å². The van der Waals surface area contributed by atoms with Crippen LogP contribution in [0, 0.1) is 12.8 Å². The molecule has 1 heterocycles. The van der Waals surface area contributed by atoms with E-state index in [4.69, 9.17) is 0 Å². The lowest BCUT2D eigenvalue weighted by atomic mass is 9.77. The predicted molar refractivity (Wildman–Crippen MR) is 82.0 cm³/mol. The molecule has 5 nitrogen and oxygen atoms in total. The van der Waals surface area contributed by atoms with Gasteiger partial charge in [0, 0.05) is 12.6 Å². The van der Waals surface area contributed by atoms with Crippen molar-refractivity contribution in [3.63, 3.8) is 0 Å². The van der Waals surface area contributed by atoms with Gasteiger partial charge in [-0.1, -0.05) is 19.8 Å². The van der Waals surface area contributed by atoms with Gasteiger partial charge in [0.15, 0.2) is 0 Å². The van der Waals surface area contributed by atoms with Crippen molar-refractivity contribution in [3.8, 4) is 0 Å². The minimum Gasteiger partial charge on any atom is -0.394 e. The molecule has 1 fully saturated rings. The SMILES string of the molecule is CCNc1cc(NC2(CO)CCCC(C)C2)nc(C)n1. The van der Waals surface area contributed by atoms with E-state index >= 15 is 0 Å². The smallest absolute Gasteiger partial charge is 0.132 e. The fourth-order valence-corrected chi connectivity index (χ4v) is 3.13. The van der Waals surface area contributed by atoms with E-state index in [1.165, 1.54) is 6.42 Å². The van der Waals surface area contributed by atoms with Crippen LogP contribution in [-0.4, -0.2) is 33.8 Å². The third-order valence-electron chi connectivity index (χ3n) is 3.98. The van der Waals surface area contributed by atoms with Gasteiger partial charge in [-0.05, 0) is 32.6 Å². The monoisotopic (exact) mass is 278 g/mol. The van der Waals surface area contributed by atoms with E-state index in [9.17, 15) is 5.11 Å². The van der Waals surface area contributed by atoms with E-state index in [0.717, 1.165) is 43.3 Å². The lowest BCUT2D eigenvalue weighted by molar-refractivity contribution is 0.149. The number of aromatic nitrogens is 2. The average molecular weight is 278 g/mol. The molecule has 1 saturated carbocycles. The molecular formula is C15H26N4O. The highest BCUT2D eigenvalue weighted by molar-refractivity contribution is 5.49. The van der Waals surface area contributed by atoms with Gasteiger partial charge in [-0.3, -0.25) is 0 Å². The summed E-state index contributed by atoms with van der Waals surface area (Å²) in [7, 11) is 0. The van der Waals surface area contributed by atoms with Crippen LogP contribution in [0.2, 0.25) is 0 Å². The number of hydrogen-bond donors (Lipinski definition) is 3. The summed E-state index contributed by atoms with van der Waals surface area (Å²) in [6.07, 6.45) is 4.38. The standard InChI is InChI=1S/C15H26N4O/c1-4-16-13-8-14(18-12(3)17-13)19-15(10-20)7-5-6-11(2)9-15/h8,11,20H,4-7,9-10H2,1-3H3,(H2,16,17,18,19). The van der Waals surface area contributed by atoms with Crippen molar-refractivity contribution in [1.29, 1.82) is 0 Å². The molecule has 0 bridgehead atoms. The molecule has 1 aliphatic rings. The van der Waals surface area contributed by atoms with Crippen molar-refractivity contribution < 1.29 is 5.11 Å². The van der Waals surface area contributed by atoms with Crippen molar-refractivity contribution in [2.75, 3.05) is 23.8 Å². The van der Waals surface area contributed by atoms with Crippen molar-refractivity contribution in [1.82, 2.24) is 9.97 Å². The maximum atomic E-state index is 9.84. The largest absolute Gasteiger partial charge is 0.394 e. The molecule has 0 saturated heterocycles. The second-order valence-electron chi connectivity index (χ2n) is 5.98. The van der Waals surface area contributed by atoms with Crippen LogP contribution in [0.25, 0.3) is 0 Å². The number of aliphatic hydroxyl groups excluding tert-OH is 1. The fourth-order valence-electron chi connectivity index (χ4n) is 3.13. The van der Waals surface area contributed by atoms with E-state index < -0.39 is 0 Å². The number of rotatable bonds is 5. The molecule has 0 radical (unpaired) electrons. The minimum absolute atomic E-state index is 0.150.